The molecule has 5 heteroatoms. The van der Waals surface area contributed by atoms with Crippen molar-refractivity contribution in [1.82, 2.24) is 10.6 Å². The number of ether oxygens (including phenoxy) is 2. The molecule has 2 aliphatic heterocycles. The second-order valence-electron chi connectivity index (χ2n) is 5.87. The van der Waals surface area contributed by atoms with E-state index in [1.54, 1.807) is 7.05 Å². The first-order valence-electron chi connectivity index (χ1n) is 8.30. The van der Waals surface area contributed by atoms with Crippen molar-refractivity contribution < 1.29 is 9.47 Å². The molecular weight excluding hydrogens is 290 g/mol. The second kappa shape index (κ2) is 8.02. The van der Waals surface area contributed by atoms with Crippen LogP contribution in [0.5, 0.6) is 5.75 Å². The lowest BCUT2D eigenvalue weighted by molar-refractivity contribution is 0.153. The Morgan fingerprint density at radius 3 is 3.00 bits per heavy atom. The molecule has 0 saturated carbocycles. The number of nitrogens with zero attached hydrogens (tertiary/aromatic N) is 1. The van der Waals surface area contributed by atoms with Crippen LogP contribution in [0, 0.1) is 0 Å². The summed E-state index contributed by atoms with van der Waals surface area (Å²) in [7, 11) is 1.80. The highest BCUT2D eigenvalue weighted by Crippen LogP contribution is 2.27. The zero-order valence-corrected chi connectivity index (χ0v) is 13.7. The molecule has 3 rings (SSSR count). The van der Waals surface area contributed by atoms with Crippen LogP contribution in [-0.2, 0) is 11.2 Å². The van der Waals surface area contributed by atoms with Crippen LogP contribution >= 0.6 is 0 Å². The standard InChI is InChI=1S/C18H25N3O2/c1-19-18(20-9-6-14-7-10-22-11-8-14)21-13-16-12-15-4-2-3-5-17(15)23-16/h2-5,7,16H,6,8-13H2,1H3,(H2,19,20,21). The number of nitrogens with one attached hydrogen (secondary N) is 2. The summed E-state index contributed by atoms with van der Waals surface area (Å²) in [6, 6.07) is 8.23. The van der Waals surface area contributed by atoms with Crippen molar-refractivity contribution in [2.75, 3.05) is 33.4 Å². The molecule has 2 aliphatic rings. The van der Waals surface area contributed by atoms with Gasteiger partial charge in [-0.15, -0.1) is 0 Å². The van der Waals surface area contributed by atoms with E-state index < -0.39 is 0 Å². The normalized spacial score (nSPS) is 20.5. The number of rotatable bonds is 5. The molecule has 1 aromatic rings. The Balaban J connectivity index is 1.38. The fourth-order valence-electron chi connectivity index (χ4n) is 2.93. The van der Waals surface area contributed by atoms with Crippen LogP contribution in [0.15, 0.2) is 40.9 Å². The molecule has 5 nitrogen and oxygen atoms in total. The molecule has 23 heavy (non-hydrogen) atoms. The van der Waals surface area contributed by atoms with Crippen LogP contribution in [0.4, 0.5) is 0 Å². The van der Waals surface area contributed by atoms with Crippen molar-refractivity contribution in [3.63, 3.8) is 0 Å². The van der Waals surface area contributed by atoms with Gasteiger partial charge in [0.05, 0.1) is 19.8 Å². The third-order valence-electron chi connectivity index (χ3n) is 4.23. The highest BCUT2D eigenvalue weighted by atomic mass is 16.5. The van der Waals surface area contributed by atoms with Gasteiger partial charge in [-0.25, -0.2) is 0 Å². The van der Waals surface area contributed by atoms with Gasteiger partial charge in [0.2, 0.25) is 0 Å². The van der Waals surface area contributed by atoms with Gasteiger partial charge in [0, 0.05) is 20.0 Å². The van der Waals surface area contributed by atoms with E-state index in [0.717, 1.165) is 57.3 Å². The largest absolute Gasteiger partial charge is 0.488 e. The summed E-state index contributed by atoms with van der Waals surface area (Å²) < 4.78 is 11.3. The molecule has 2 N–H and O–H groups in total. The number of fused-ring (bicyclic) bond motifs is 1. The van der Waals surface area contributed by atoms with Crippen LogP contribution in [-0.4, -0.2) is 45.4 Å². The van der Waals surface area contributed by atoms with Gasteiger partial charge in [-0.1, -0.05) is 29.8 Å². The van der Waals surface area contributed by atoms with Crippen LogP contribution in [0.1, 0.15) is 18.4 Å². The average Bonchev–Trinajstić information content (AvgIpc) is 3.01. The summed E-state index contributed by atoms with van der Waals surface area (Å²) in [5.41, 5.74) is 2.75. The van der Waals surface area contributed by atoms with Gasteiger partial charge >= 0.3 is 0 Å². The van der Waals surface area contributed by atoms with Crippen molar-refractivity contribution in [3.8, 4) is 5.75 Å². The Morgan fingerprint density at radius 1 is 1.30 bits per heavy atom. The monoisotopic (exact) mass is 315 g/mol. The Morgan fingerprint density at radius 2 is 2.22 bits per heavy atom. The van der Waals surface area contributed by atoms with Crippen molar-refractivity contribution in [1.29, 1.82) is 0 Å². The summed E-state index contributed by atoms with van der Waals surface area (Å²) >= 11 is 0. The third kappa shape index (κ3) is 4.48. The Labute approximate surface area is 137 Å². The summed E-state index contributed by atoms with van der Waals surface area (Å²) in [5.74, 6) is 1.84. The van der Waals surface area contributed by atoms with E-state index in [-0.39, 0.29) is 6.10 Å². The summed E-state index contributed by atoms with van der Waals surface area (Å²) in [5, 5.41) is 6.72. The lowest BCUT2D eigenvalue weighted by Crippen LogP contribution is -2.42. The van der Waals surface area contributed by atoms with Crippen molar-refractivity contribution in [3.05, 3.63) is 41.5 Å². The van der Waals surface area contributed by atoms with Gasteiger partial charge in [-0.2, -0.15) is 0 Å². The van der Waals surface area contributed by atoms with E-state index >= 15 is 0 Å². The molecule has 2 heterocycles. The third-order valence-corrected chi connectivity index (χ3v) is 4.23. The zero-order chi connectivity index (χ0) is 15.9. The Bertz CT molecular complexity index is 558. The maximum Gasteiger partial charge on any atom is 0.191 e. The van der Waals surface area contributed by atoms with Crippen LogP contribution in [0.3, 0.4) is 0 Å². The topological polar surface area (TPSA) is 54.9 Å². The molecule has 0 radical (unpaired) electrons. The Hall–Kier alpha value is -2.01. The Kier molecular flexibility index (Phi) is 5.53. The number of hydrogen-bond acceptors (Lipinski definition) is 3. The van der Waals surface area contributed by atoms with E-state index in [9.17, 15) is 0 Å². The molecule has 0 aromatic heterocycles. The smallest absolute Gasteiger partial charge is 0.191 e. The first-order chi connectivity index (χ1) is 11.3. The lowest BCUT2D eigenvalue weighted by atomic mass is 10.1. The van der Waals surface area contributed by atoms with E-state index in [4.69, 9.17) is 9.47 Å². The summed E-state index contributed by atoms with van der Waals surface area (Å²) in [6.07, 6.45) is 5.39. The first-order valence-corrected chi connectivity index (χ1v) is 8.30. The number of benzene rings is 1. The minimum absolute atomic E-state index is 0.171. The molecule has 0 aliphatic carbocycles. The van der Waals surface area contributed by atoms with E-state index in [1.807, 2.05) is 12.1 Å². The average molecular weight is 315 g/mol. The quantitative estimate of drug-likeness (QED) is 0.495. The maximum absolute atomic E-state index is 5.93. The molecular formula is C18H25N3O2. The minimum Gasteiger partial charge on any atom is -0.488 e. The molecule has 0 amide bonds. The van der Waals surface area contributed by atoms with Gasteiger partial charge in [0.25, 0.3) is 0 Å². The predicted octanol–water partition coefficient (Wildman–Crippen LogP) is 1.89. The van der Waals surface area contributed by atoms with Crippen LogP contribution in [0.25, 0.3) is 0 Å². The molecule has 0 spiro atoms. The van der Waals surface area contributed by atoms with Crippen LogP contribution in [0.2, 0.25) is 0 Å². The highest BCUT2D eigenvalue weighted by Gasteiger charge is 2.22. The maximum atomic E-state index is 5.93. The summed E-state index contributed by atoms with van der Waals surface area (Å²) in [4.78, 5) is 4.28. The molecule has 0 bridgehead atoms. The van der Waals surface area contributed by atoms with Gasteiger partial charge in [-0.05, 0) is 24.5 Å². The van der Waals surface area contributed by atoms with Gasteiger partial charge in [0.1, 0.15) is 11.9 Å². The number of aliphatic imine (C=N–C) groups is 1. The van der Waals surface area contributed by atoms with Gasteiger partial charge < -0.3 is 20.1 Å². The summed E-state index contributed by atoms with van der Waals surface area (Å²) in [6.45, 7) is 3.24. The molecule has 1 aromatic carbocycles. The van der Waals surface area contributed by atoms with E-state index in [1.165, 1.54) is 11.1 Å². The fourth-order valence-corrected chi connectivity index (χ4v) is 2.93. The predicted molar refractivity (Wildman–Crippen MR) is 92.1 cm³/mol. The molecule has 1 atom stereocenters. The number of para-hydroxylation sites is 1. The highest BCUT2D eigenvalue weighted by molar-refractivity contribution is 5.79. The van der Waals surface area contributed by atoms with Crippen molar-refractivity contribution >= 4 is 5.96 Å². The van der Waals surface area contributed by atoms with Crippen molar-refractivity contribution in [2.24, 2.45) is 4.99 Å². The molecule has 0 saturated heterocycles. The number of hydrogen-bond donors (Lipinski definition) is 2. The zero-order valence-electron chi connectivity index (χ0n) is 13.7. The van der Waals surface area contributed by atoms with Crippen molar-refractivity contribution in [2.45, 2.75) is 25.4 Å². The second-order valence-corrected chi connectivity index (χ2v) is 5.87. The SMILES string of the molecule is CN=C(NCCC1=CCOCC1)NCC1Cc2ccccc2O1. The molecule has 124 valence electrons. The fraction of sp³-hybridized carbons (Fsp3) is 0.500. The first kappa shape index (κ1) is 15.9. The van der Waals surface area contributed by atoms with Gasteiger partial charge in [0.15, 0.2) is 5.96 Å². The lowest BCUT2D eigenvalue weighted by Gasteiger charge is -2.17. The minimum atomic E-state index is 0.171. The molecule has 1 unspecified atom stereocenters. The van der Waals surface area contributed by atoms with E-state index in [2.05, 4.69) is 33.8 Å². The van der Waals surface area contributed by atoms with E-state index in [0.29, 0.717) is 0 Å². The number of guanidine groups is 1. The van der Waals surface area contributed by atoms with Gasteiger partial charge in [-0.3, -0.25) is 4.99 Å². The van der Waals surface area contributed by atoms with Crippen LogP contribution < -0.4 is 15.4 Å². The molecule has 0 fully saturated rings.